The highest BCUT2D eigenvalue weighted by Gasteiger charge is 2.22. The minimum Gasteiger partial charge on any atom is -0.506 e. The molecule has 1 heterocycles. The van der Waals surface area contributed by atoms with Crippen LogP contribution in [0.4, 0.5) is 4.39 Å². The third kappa shape index (κ3) is 2.08. The van der Waals surface area contributed by atoms with Gasteiger partial charge >= 0.3 is 0 Å². The SMILES string of the molecule is Oc1ccc(F)c(C2CCCCN2)c1Cl. The van der Waals surface area contributed by atoms with Gasteiger partial charge < -0.3 is 10.4 Å². The van der Waals surface area contributed by atoms with Gasteiger partial charge in [-0.25, -0.2) is 4.39 Å². The summed E-state index contributed by atoms with van der Waals surface area (Å²) in [5.41, 5.74) is 0.399. The molecule has 0 spiro atoms. The summed E-state index contributed by atoms with van der Waals surface area (Å²) in [5.74, 6) is -0.405. The maximum atomic E-state index is 13.6. The van der Waals surface area contributed by atoms with E-state index in [9.17, 15) is 9.50 Å². The molecule has 0 saturated carbocycles. The Hall–Kier alpha value is -0.800. The standard InChI is InChI=1S/C11H13ClFNO/c12-11-9(15)5-4-7(13)10(11)8-3-1-2-6-14-8/h4-5,8,14-15H,1-3,6H2. The second-order valence-electron chi connectivity index (χ2n) is 3.80. The van der Waals surface area contributed by atoms with Gasteiger partial charge in [0.25, 0.3) is 0 Å². The molecule has 0 radical (unpaired) electrons. The molecule has 1 aliphatic rings. The number of halogens is 2. The first-order valence-electron chi connectivity index (χ1n) is 5.10. The molecule has 0 aromatic heterocycles. The average molecular weight is 230 g/mol. The topological polar surface area (TPSA) is 32.3 Å². The van der Waals surface area contributed by atoms with Gasteiger partial charge in [-0.15, -0.1) is 0 Å². The summed E-state index contributed by atoms with van der Waals surface area (Å²) in [7, 11) is 0. The van der Waals surface area contributed by atoms with Crippen LogP contribution in [0.15, 0.2) is 12.1 Å². The van der Waals surface area contributed by atoms with E-state index in [2.05, 4.69) is 5.32 Å². The number of rotatable bonds is 1. The Morgan fingerprint density at radius 1 is 1.40 bits per heavy atom. The first-order valence-corrected chi connectivity index (χ1v) is 5.48. The van der Waals surface area contributed by atoms with Gasteiger partial charge in [-0.3, -0.25) is 0 Å². The molecule has 1 fully saturated rings. The molecular weight excluding hydrogens is 217 g/mol. The molecule has 0 aliphatic carbocycles. The summed E-state index contributed by atoms with van der Waals surface area (Å²) in [5, 5.41) is 12.8. The number of piperidine rings is 1. The van der Waals surface area contributed by atoms with Crippen molar-refractivity contribution in [3.8, 4) is 5.75 Å². The molecule has 1 aromatic rings. The van der Waals surface area contributed by atoms with E-state index in [1.54, 1.807) is 0 Å². The second-order valence-corrected chi connectivity index (χ2v) is 4.17. The fourth-order valence-corrected chi connectivity index (χ4v) is 2.26. The fraction of sp³-hybridized carbons (Fsp3) is 0.455. The number of nitrogens with one attached hydrogen (secondary N) is 1. The Bertz CT molecular complexity index is 364. The van der Waals surface area contributed by atoms with Crippen LogP contribution in [-0.4, -0.2) is 11.7 Å². The smallest absolute Gasteiger partial charge is 0.134 e. The predicted octanol–water partition coefficient (Wildman–Crippen LogP) is 3.00. The zero-order chi connectivity index (χ0) is 10.8. The molecule has 4 heteroatoms. The Morgan fingerprint density at radius 3 is 2.87 bits per heavy atom. The highest BCUT2D eigenvalue weighted by molar-refractivity contribution is 6.32. The first kappa shape index (κ1) is 10.7. The summed E-state index contributed by atoms with van der Waals surface area (Å²) < 4.78 is 13.6. The lowest BCUT2D eigenvalue weighted by Crippen LogP contribution is -2.27. The van der Waals surface area contributed by atoms with Crippen LogP contribution in [0, 0.1) is 5.82 Å². The maximum absolute atomic E-state index is 13.6. The first-order chi connectivity index (χ1) is 7.20. The van der Waals surface area contributed by atoms with E-state index in [4.69, 9.17) is 11.6 Å². The normalized spacial score (nSPS) is 21.6. The Kier molecular flexibility index (Phi) is 3.12. The van der Waals surface area contributed by atoms with Gasteiger partial charge in [-0.2, -0.15) is 0 Å². The minimum atomic E-state index is -0.350. The van der Waals surface area contributed by atoms with Gasteiger partial charge in [0.15, 0.2) is 0 Å². The van der Waals surface area contributed by atoms with E-state index in [-0.39, 0.29) is 22.6 Å². The highest BCUT2D eigenvalue weighted by Crippen LogP contribution is 2.36. The quantitative estimate of drug-likeness (QED) is 0.776. The molecule has 1 aliphatic heterocycles. The minimum absolute atomic E-state index is 0.0551. The second kappa shape index (κ2) is 4.37. The van der Waals surface area contributed by atoms with Gasteiger partial charge in [0, 0.05) is 11.6 Å². The van der Waals surface area contributed by atoms with Crippen LogP contribution in [0.3, 0.4) is 0 Å². The highest BCUT2D eigenvalue weighted by atomic mass is 35.5. The number of aromatic hydroxyl groups is 1. The molecular formula is C11H13ClFNO. The van der Waals surface area contributed by atoms with Crippen molar-refractivity contribution >= 4 is 11.6 Å². The van der Waals surface area contributed by atoms with E-state index in [0.717, 1.165) is 25.8 Å². The van der Waals surface area contributed by atoms with Crippen molar-refractivity contribution in [2.75, 3.05) is 6.54 Å². The summed E-state index contributed by atoms with van der Waals surface area (Å²) in [6.07, 6.45) is 3.03. The molecule has 1 saturated heterocycles. The monoisotopic (exact) mass is 229 g/mol. The predicted molar refractivity (Wildman–Crippen MR) is 57.7 cm³/mol. The molecule has 1 aromatic carbocycles. The van der Waals surface area contributed by atoms with Crippen molar-refractivity contribution in [2.24, 2.45) is 0 Å². The lowest BCUT2D eigenvalue weighted by atomic mass is 9.97. The van der Waals surface area contributed by atoms with Crippen molar-refractivity contribution in [1.82, 2.24) is 5.32 Å². The van der Waals surface area contributed by atoms with Crippen LogP contribution in [0.1, 0.15) is 30.9 Å². The Labute approximate surface area is 93.1 Å². The van der Waals surface area contributed by atoms with Gasteiger partial charge in [0.1, 0.15) is 11.6 Å². The number of phenolic OH excluding ortho intramolecular Hbond substituents is 1. The lowest BCUT2D eigenvalue weighted by molar-refractivity contribution is 0.396. The van der Waals surface area contributed by atoms with Crippen molar-refractivity contribution < 1.29 is 9.50 Å². The van der Waals surface area contributed by atoms with Crippen molar-refractivity contribution in [3.63, 3.8) is 0 Å². The van der Waals surface area contributed by atoms with Gasteiger partial charge in [-0.1, -0.05) is 18.0 Å². The van der Waals surface area contributed by atoms with Crippen LogP contribution < -0.4 is 5.32 Å². The number of phenols is 1. The molecule has 1 unspecified atom stereocenters. The summed E-state index contributed by atoms with van der Waals surface area (Å²) >= 11 is 5.90. The number of hydrogen-bond donors (Lipinski definition) is 2. The molecule has 0 amide bonds. The third-order valence-electron chi connectivity index (χ3n) is 2.76. The van der Waals surface area contributed by atoms with E-state index in [1.807, 2.05) is 0 Å². The average Bonchev–Trinajstić information content (AvgIpc) is 2.26. The zero-order valence-electron chi connectivity index (χ0n) is 8.26. The summed E-state index contributed by atoms with van der Waals surface area (Å²) in [6.45, 7) is 0.871. The summed E-state index contributed by atoms with van der Waals surface area (Å²) in [6, 6.07) is 2.47. The zero-order valence-corrected chi connectivity index (χ0v) is 9.02. The van der Waals surface area contributed by atoms with Crippen LogP contribution in [0.5, 0.6) is 5.75 Å². The van der Waals surface area contributed by atoms with Crippen molar-refractivity contribution in [1.29, 1.82) is 0 Å². The van der Waals surface area contributed by atoms with E-state index in [1.165, 1.54) is 12.1 Å². The Balaban J connectivity index is 2.36. The van der Waals surface area contributed by atoms with E-state index in [0.29, 0.717) is 5.56 Å². The van der Waals surface area contributed by atoms with Gasteiger partial charge in [0.05, 0.1) is 5.02 Å². The number of benzene rings is 1. The Morgan fingerprint density at radius 2 is 2.20 bits per heavy atom. The molecule has 2 rings (SSSR count). The number of hydrogen-bond acceptors (Lipinski definition) is 2. The maximum Gasteiger partial charge on any atom is 0.134 e. The molecule has 2 nitrogen and oxygen atoms in total. The summed E-state index contributed by atoms with van der Waals surface area (Å²) in [4.78, 5) is 0. The van der Waals surface area contributed by atoms with E-state index < -0.39 is 0 Å². The molecule has 2 N–H and O–H groups in total. The van der Waals surface area contributed by atoms with Crippen molar-refractivity contribution in [3.05, 3.63) is 28.5 Å². The van der Waals surface area contributed by atoms with Gasteiger partial charge in [-0.05, 0) is 31.5 Å². The largest absolute Gasteiger partial charge is 0.506 e. The van der Waals surface area contributed by atoms with Crippen LogP contribution in [0.2, 0.25) is 5.02 Å². The van der Waals surface area contributed by atoms with Gasteiger partial charge in [0.2, 0.25) is 0 Å². The van der Waals surface area contributed by atoms with E-state index >= 15 is 0 Å². The van der Waals surface area contributed by atoms with Crippen LogP contribution in [0.25, 0.3) is 0 Å². The molecule has 1 atom stereocenters. The van der Waals surface area contributed by atoms with Crippen LogP contribution >= 0.6 is 11.6 Å². The lowest BCUT2D eigenvalue weighted by Gasteiger charge is -2.25. The van der Waals surface area contributed by atoms with Crippen molar-refractivity contribution in [2.45, 2.75) is 25.3 Å². The van der Waals surface area contributed by atoms with Crippen LogP contribution in [-0.2, 0) is 0 Å². The molecule has 0 bridgehead atoms. The molecule has 15 heavy (non-hydrogen) atoms. The fourth-order valence-electron chi connectivity index (χ4n) is 1.98. The molecule has 82 valence electrons. The third-order valence-corrected chi connectivity index (χ3v) is 3.16.